The van der Waals surface area contributed by atoms with Crippen LogP contribution in [0.1, 0.15) is 51.9 Å². The molecule has 0 aromatic heterocycles. The minimum absolute atomic E-state index is 0.189. The van der Waals surface area contributed by atoms with Crippen molar-refractivity contribution in [2.75, 3.05) is 6.61 Å². The molecule has 0 aromatic rings. The van der Waals surface area contributed by atoms with Crippen LogP contribution < -0.4 is 0 Å². The number of hydrogen-bond acceptors (Lipinski definition) is 2. The lowest BCUT2D eigenvalue weighted by Crippen LogP contribution is -2.55. The molecule has 2 aliphatic heterocycles. The van der Waals surface area contributed by atoms with E-state index in [-0.39, 0.29) is 18.1 Å². The summed E-state index contributed by atoms with van der Waals surface area (Å²) in [5.74, 6) is 1.18. The third-order valence-corrected chi connectivity index (χ3v) is 5.50. The van der Waals surface area contributed by atoms with Gasteiger partial charge in [0.05, 0.1) is 0 Å². The molecule has 96 valence electrons. The van der Waals surface area contributed by atoms with Gasteiger partial charge in [0.1, 0.15) is 0 Å². The van der Waals surface area contributed by atoms with Crippen molar-refractivity contribution in [3.63, 3.8) is 0 Å². The second-order valence-corrected chi connectivity index (χ2v) is 6.16. The monoisotopic (exact) mass is 237 g/mol. The number of piperidine rings is 1. The van der Waals surface area contributed by atoms with Gasteiger partial charge in [0, 0.05) is 24.1 Å². The summed E-state index contributed by atoms with van der Waals surface area (Å²) in [7, 11) is 0. The van der Waals surface area contributed by atoms with Gasteiger partial charge in [-0.25, -0.2) is 0 Å². The van der Waals surface area contributed by atoms with Crippen LogP contribution in [0.25, 0.3) is 0 Å². The largest absolute Gasteiger partial charge is 0.396 e. The SMILES string of the molecule is C[C@H]1C(=O)N2[C@@H](CCO)CCC[C@]23CCC[C@H]13. The predicted octanol–water partition coefficient (Wildman–Crippen LogP) is 1.94. The number of hydrogen-bond donors (Lipinski definition) is 1. The lowest BCUT2D eigenvalue weighted by molar-refractivity contribution is -0.139. The fourth-order valence-corrected chi connectivity index (χ4v) is 4.88. The first kappa shape index (κ1) is 11.5. The van der Waals surface area contributed by atoms with Gasteiger partial charge in [0.25, 0.3) is 0 Å². The van der Waals surface area contributed by atoms with Crippen LogP contribution in [0.15, 0.2) is 0 Å². The summed E-state index contributed by atoms with van der Waals surface area (Å²) in [5, 5.41) is 9.19. The molecule has 0 unspecified atom stereocenters. The first-order valence-corrected chi connectivity index (χ1v) is 7.15. The summed E-state index contributed by atoms with van der Waals surface area (Å²) in [6.07, 6.45) is 8.02. The van der Waals surface area contributed by atoms with Crippen molar-refractivity contribution in [2.24, 2.45) is 11.8 Å². The van der Waals surface area contributed by atoms with E-state index < -0.39 is 0 Å². The fraction of sp³-hybridized carbons (Fsp3) is 0.929. The van der Waals surface area contributed by atoms with Crippen molar-refractivity contribution in [1.82, 2.24) is 4.90 Å². The van der Waals surface area contributed by atoms with Gasteiger partial charge in [0.2, 0.25) is 5.91 Å². The maximum atomic E-state index is 12.5. The van der Waals surface area contributed by atoms with Crippen LogP contribution in [-0.2, 0) is 4.79 Å². The quantitative estimate of drug-likeness (QED) is 0.797. The van der Waals surface area contributed by atoms with E-state index in [1.165, 1.54) is 32.1 Å². The lowest BCUT2D eigenvalue weighted by atomic mass is 9.76. The van der Waals surface area contributed by atoms with Gasteiger partial charge in [-0.05, 0) is 44.4 Å². The number of nitrogens with zero attached hydrogens (tertiary/aromatic N) is 1. The molecule has 2 saturated heterocycles. The number of aliphatic hydroxyl groups excluding tert-OH is 1. The summed E-state index contributed by atoms with van der Waals surface area (Å²) in [6.45, 7) is 2.33. The van der Waals surface area contributed by atoms with Gasteiger partial charge in [-0.1, -0.05) is 13.3 Å². The number of amides is 1. The van der Waals surface area contributed by atoms with Crippen molar-refractivity contribution in [1.29, 1.82) is 0 Å². The van der Waals surface area contributed by atoms with Gasteiger partial charge in [-0.15, -0.1) is 0 Å². The van der Waals surface area contributed by atoms with E-state index in [9.17, 15) is 9.90 Å². The van der Waals surface area contributed by atoms with Gasteiger partial charge in [-0.3, -0.25) is 4.79 Å². The Kier molecular flexibility index (Phi) is 2.69. The number of carbonyl (C=O) groups is 1. The molecule has 1 amide bonds. The van der Waals surface area contributed by atoms with E-state index in [0.29, 0.717) is 17.9 Å². The molecule has 0 radical (unpaired) electrons. The Morgan fingerprint density at radius 3 is 2.76 bits per heavy atom. The molecule has 2 heterocycles. The van der Waals surface area contributed by atoms with Crippen molar-refractivity contribution in [3.8, 4) is 0 Å². The van der Waals surface area contributed by atoms with Crippen LogP contribution in [0.4, 0.5) is 0 Å². The Morgan fingerprint density at radius 1 is 1.35 bits per heavy atom. The van der Waals surface area contributed by atoms with Gasteiger partial charge in [0.15, 0.2) is 0 Å². The molecule has 0 bridgehead atoms. The van der Waals surface area contributed by atoms with Crippen molar-refractivity contribution in [3.05, 3.63) is 0 Å². The van der Waals surface area contributed by atoms with Crippen molar-refractivity contribution < 1.29 is 9.90 Å². The number of carbonyl (C=O) groups excluding carboxylic acids is 1. The topological polar surface area (TPSA) is 40.5 Å². The molecule has 1 N–H and O–H groups in total. The summed E-state index contributed by atoms with van der Waals surface area (Å²) < 4.78 is 0. The standard InChI is InChI=1S/C14H23NO2/c1-10-12-5-3-8-14(12)7-2-4-11(6-9-16)15(14)13(10)17/h10-12,16H,2-9H2,1H3/t10-,11-,12-,14-/m1/s1. The molecule has 17 heavy (non-hydrogen) atoms. The molecule has 3 nitrogen and oxygen atoms in total. The van der Waals surface area contributed by atoms with Crippen LogP contribution >= 0.6 is 0 Å². The first-order valence-electron chi connectivity index (χ1n) is 7.15. The van der Waals surface area contributed by atoms with Crippen LogP contribution in [0.3, 0.4) is 0 Å². The molecular weight excluding hydrogens is 214 g/mol. The predicted molar refractivity (Wildman–Crippen MR) is 65.4 cm³/mol. The van der Waals surface area contributed by atoms with E-state index in [1.807, 2.05) is 0 Å². The summed E-state index contributed by atoms with van der Waals surface area (Å²) in [4.78, 5) is 14.7. The highest BCUT2D eigenvalue weighted by Gasteiger charge is 2.60. The second-order valence-electron chi connectivity index (χ2n) is 6.16. The molecule has 4 atom stereocenters. The maximum Gasteiger partial charge on any atom is 0.226 e. The Morgan fingerprint density at radius 2 is 2.06 bits per heavy atom. The molecule has 3 aliphatic rings. The number of aliphatic hydroxyl groups is 1. The zero-order valence-corrected chi connectivity index (χ0v) is 10.7. The summed E-state index contributed by atoms with van der Waals surface area (Å²) in [5.41, 5.74) is 0.189. The highest BCUT2D eigenvalue weighted by atomic mass is 16.3. The van der Waals surface area contributed by atoms with Crippen molar-refractivity contribution in [2.45, 2.75) is 63.5 Å². The molecule has 3 rings (SSSR count). The third-order valence-electron chi connectivity index (χ3n) is 5.50. The summed E-state index contributed by atoms with van der Waals surface area (Å²) in [6, 6.07) is 0.312. The minimum Gasteiger partial charge on any atom is -0.396 e. The highest BCUT2D eigenvalue weighted by molar-refractivity contribution is 5.83. The second kappa shape index (κ2) is 3.98. The van der Waals surface area contributed by atoms with E-state index in [2.05, 4.69) is 11.8 Å². The van der Waals surface area contributed by atoms with E-state index in [1.54, 1.807) is 0 Å². The van der Waals surface area contributed by atoms with Crippen LogP contribution in [0.2, 0.25) is 0 Å². The molecule has 3 heteroatoms. The minimum atomic E-state index is 0.189. The van der Waals surface area contributed by atoms with E-state index >= 15 is 0 Å². The normalized spacial score (nSPS) is 44.9. The first-order chi connectivity index (χ1) is 8.20. The Labute approximate surface area is 103 Å². The molecule has 1 aliphatic carbocycles. The molecule has 1 saturated carbocycles. The zero-order valence-electron chi connectivity index (χ0n) is 10.7. The Hall–Kier alpha value is -0.570. The van der Waals surface area contributed by atoms with Crippen LogP contribution in [-0.4, -0.2) is 34.1 Å². The molecule has 3 fully saturated rings. The van der Waals surface area contributed by atoms with E-state index in [0.717, 1.165) is 12.8 Å². The van der Waals surface area contributed by atoms with Crippen molar-refractivity contribution >= 4 is 5.91 Å². The molecule has 1 spiro atoms. The average Bonchev–Trinajstić information content (AvgIpc) is 2.79. The van der Waals surface area contributed by atoms with Gasteiger partial charge < -0.3 is 10.0 Å². The van der Waals surface area contributed by atoms with E-state index in [4.69, 9.17) is 0 Å². The summed E-state index contributed by atoms with van der Waals surface area (Å²) >= 11 is 0. The Bertz CT molecular complexity index is 328. The van der Waals surface area contributed by atoms with Gasteiger partial charge >= 0.3 is 0 Å². The average molecular weight is 237 g/mol. The Balaban J connectivity index is 1.95. The maximum absolute atomic E-state index is 12.5. The fourth-order valence-electron chi connectivity index (χ4n) is 4.88. The zero-order chi connectivity index (χ0) is 12.0. The van der Waals surface area contributed by atoms with Gasteiger partial charge in [-0.2, -0.15) is 0 Å². The van der Waals surface area contributed by atoms with Crippen LogP contribution in [0, 0.1) is 11.8 Å². The highest BCUT2D eigenvalue weighted by Crippen LogP contribution is 2.56. The number of rotatable bonds is 2. The molecular formula is C14H23NO2. The third kappa shape index (κ3) is 1.41. The van der Waals surface area contributed by atoms with Crippen LogP contribution in [0.5, 0.6) is 0 Å². The smallest absolute Gasteiger partial charge is 0.226 e. The molecule has 0 aromatic carbocycles. The lowest BCUT2D eigenvalue weighted by Gasteiger charge is -2.47.